The third-order valence-corrected chi connectivity index (χ3v) is 4.14. The Morgan fingerprint density at radius 1 is 0.938 bits per heavy atom. The van der Waals surface area contributed by atoms with Crippen molar-refractivity contribution in [2.75, 3.05) is 0 Å². The topological polar surface area (TPSA) is 0 Å². The third kappa shape index (κ3) is 1.81. The van der Waals surface area contributed by atoms with E-state index in [9.17, 15) is 0 Å². The van der Waals surface area contributed by atoms with Crippen molar-refractivity contribution in [3.8, 4) is 0 Å². The lowest BCUT2D eigenvalue weighted by Crippen LogP contribution is -2.13. The zero-order chi connectivity index (χ0) is 10.8. The molecule has 0 spiro atoms. The van der Waals surface area contributed by atoms with E-state index in [1.54, 1.807) is 16.7 Å². The van der Waals surface area contributed by atoms with Crippen LogP contribution in [-0.2, 0) is 6.42 Å². The lowest BCUT2D eigenvalue weighted by atomic mass is 9.76. The summed E-state index contributed by atoms with van der Waals surface area (Å²) < 4.78 is 0. The highest BCUT2D eigenvalue weighted by molar-refractivity contribution is 5.38. The number of hydrogen-bond acceptors (Lipinski definition) is 0. The summed E-state index contributed by atoms with van der Waals surface area (Å²) >= 11 is 0. The van der Waals surface area contributed by atoms with E-state index in [0.717, 1.165) is 5.92 Å². The highest BCUT2D eigenvalue weighted by Gasteiger charge is 2.23. The molecule has 0 heterocycles. The van der Waals surface area contributed by atoms with Crippen LogP contribution in [0.25, 0.3) is 0 Å². The van der Waals surface area contributed by atoms with Crippen molar-refractivity contribution in [1.82, 2.24) is 0 Å². The van der Waals surface area contributed by atoms with Crippen molar-refractivity contribution in [2.24, 2.45) is 0 Å². The Kier molecular flexibility index (Phi) is 2.82. The molecular weight excluding hydrogens is 192 g/mol. The Balaban J connectivity index is 1.95. The van der Waals surface area contributed by atoms with Gasteiger partial charge in [0, 0.05) is 5.92 Å². The first-order chi connectivity index (χ1) is 7.95. The van der Waals surface area contributed by atoms with Gasteiger partial charge in [-0.2, -0.15) is 0 Å². The minimum Gasteiger partial charge on any atom is -0.0847 e. The van der Waals surface area contributed by atoms with Gasteiger partial charge in [0.25, 0.3) is 0 Å². The largest absolute Gasteiger partial charge is 0.0847 e. The third-order valence-electron chi connectivity index (χ3n) is 4.14. The van der Waals surface area contributed by atoms with Crippen LogP contribution in [-0.4, -0.2) is 0 Å². The molecule has 2 aliphatic carbocycles. The fourth-order valence-corrected chi connectivity index (χ4v) is 3.32. The fourth-order valence-electron chi connectivity index (χ4n) is 3.32. The second-order valence-corrected chi connectivity index (χ2v) is 5.17. The lowest BCUT2D eigenvalue weighted by molar-refractivity contribution is 0.563. The van der Waals surface area contributed by atoms with Crippen LogP contribution in [0.5, 0.6) is 0 Å². The first-order valence-electron chi connectivity index (χ1n) is 6.72. The van der Waals surface area contributed by atoms with E-state index in [-0.39, 0.29) is 0 Å². The van der Waals surface area contributed by atoms with E-state index < -0.39 is 0 Å². The first-order valence-corrected chi connectivity index (χ1v) is 6.72. The number of fused-ring (bicyclic) bond motifs is 1. The quantitative estimate of drug-likeness (QED) is 0.596. The Labute approximate surface area is 98.4 Å². The van der Waals surface area contributed by atoms with Crippen LogP contribution in [0, 0.1) is 0 Å². The highest BCUT2D eigenvalue weighted by Crippen LogP contribution is 2.39. The number of allylic oxidation sites excluding steroid dienone is 2. The predicted octanol–water partition coefficient (Wildman–Crippen LogP) is 4.61. The zero-order valence-electron chi connectivity index (χ0n) is 9.91. The summed E-state index contributed by atoms with van der Waals surface area (Å²) in [6, 6.07) is 9.08. The van der Waals surface area contributed by atoms with Gasteiger partial charge in [-0.15, -0.1) is 0 Å². The number of aryl methyl sites for hydroxylation is 1. The molecule has 16 heavy (non-hydrogen) atoms. The zero-order valence-corrected chi connectivity index (χ0v) is 9.91. The number of rotatable bonds is 1. The van der Waals surface area contributed by atoms with Crippen LogP contribution < -0.4 is 0 Å². The van der Waals surface area contributed by atoms with Crippen molar-refractivity contribution in [1.29, 1.82) is 0 Å². The maximum absolute atomic E-state index is 2.52. The average Bonchev–Trinajstić information content (AvgIpc) is 2.39. The van der Waals surface area contributed by atoms with Crippen molar-refractivity contribution >= 4 is 0 Å². The van der Waals surface area contributed by atoms with E-state index >= 15 is 0 Å². The number of benzene rings is 1. The second kappa shape index (κ2) is 4.45. The van der Waals surface area contributed by atoms with E-state index in [1.807, 2.05) is 0 Å². The summed E-state index contributed by atoms with van der Waals surface area (Å²) in [5, 5.41) is 0. The van der Waals surface area contributed by atoms with Gasteiger partial charge in [0.15, 0.2) is 0 Å². The molecule has 0 aliphatic heterocycles. The Bertz CT molecular complexity index is 400. The molecule has 0 fully saturated rings. The molecule has 0 bridgehead atoms. The molecule has 3 rings (SSSR count). The molecule has 0 N–H and O–H groups in total. The summed E-state index contributed by atoms with van der Waals surface area (Å²) in [5.41, 5.74) is 4.96. The molecule has 0 saturated carbocycles. The van der Waals surface area contributed by atoms with Crippen LogP contribution in [0.4, 0.5) is 0 Å². The van der Waals surface area contributed by atoms with Gasteiger partial charge in [0.1, 0.15) is 0 Å². The predicted molar refractivity (Wildman–Crippen MR) is 68.7 cm³/mol. The van der Waals surface area contributed by atoms with Gasteiger partial charge in [-0.05, 0) is 56.1 Å². The summed E-state index contributed by atoms with van der Waals surface area (Å²) in [7, 11) is 0. The molecule has 0 saturated heterocycles. The normalized spacial score (nSPS) is 24.8. The van der Waals surface area contributed by atoms with E-state index in [0.29, 0.717) is 0 Å². The smallest absolute Gasteiger partial charge is 0.00509 e. The van der Waals surface area contributed by atoms with Crippen molar-refractivity contribution in [2.45, 2.75) is 50.9 Å². The minimum absolute atomic E-state index is 0.755. The van der Waals surface area contributed by atoms with Crippen molar-refractivity contribution in [3.63, 3.8) is 0 Å². The lowest BCUT2D eigenvalue weighted by Gasteiger charge is -2.29. The molecule has 1 atom stereocenters. The average molecular weight is 212 g/mol. The van der Waals surface area contributed by atoms with Crippen molar-refractivity contribution in [3.05, 3.63) is 47.0 Å². The van der Waals surface area contributed by atoms with E-state index in [1.165, 1.54) is 44.9 Å². The minimum atomic E-state index is 0.755. The monoisotopic (exact) mass is 212 g/mol. The van der Waals surface area contributed by atoms with Gasteiger partial charge in [0.2, 0.25) is 0 Å². The summed E-state index contributed by atoms with van der Waals surface area (Å²) in [6.45, 7) is 0. The first kappa shape index (κ1) is 10.1. The van der Waals surface area contributed by atoms with Crippen LogP contribution in [0.2, 0.25) is 0 Å². The SMILES string of the molecule is C1=C(C2CCCc3ccccc32)CCCC1. The van der Waals surface area contributed by atoms with Gasteiger partial charge in [0.05, 0.1) is 0 Å². The molecule has 1 unspecified atom stereocenters. The summed E-state index contributed by atoms with van der Waals surface area (Å²) in [6.07, 6.45) is 12.0. The molecule has 0 nitrogen and oxygen atoms in total. The fraction of sp³-hybridized carbons (Fsp3) is 0.500. The summed E-state index contributed by atoms with van der Waals surface area (Å²) in [5.74, 6) is 0.755. The van der Waals surface area contributed by atoms with E-state index in [4.69, 9.17) is 0 Å². The van der Waals surface area contributed by atoms with Crippen molar-refractivity contribution < 1.29 is 0 Å². The number of hydrogen-bond donors (Lipinski definition) is 0. The molecule has 1 aromatic carbocycles. The van der Waals surface area contributed by atoms with Gasteiger partial charge < -0.3 is 0 Å². The molecular formula is C16H20. The van der Waals surface area contributed by atoms with Crippen LogP contribution in [0.1, 0.15) is 55.6 Å². The Morgan fingerprint density at radius 3 is 2.75 bits per heavy atom. The van der Waals surface area contributed by atoms with Gasteiger partial charge in [-0.25, -0.2) is 0 Å². The maximum Gasteiger partial charge on any atom is 0.00509 e. The van der Waals surface area contributed by atoms with Crippen LogP contribution in [0.15, 0.2) is 35.9 Å². The molecule has 1 aromatic rings. The molecule has 0 amide bonds. The van der Waals surface area contributed by atoms with E-state index in [2.05, 4.69) is 30.3 Å². The van der Waals surface area contributed by atoms with Gasteiger partial charge in [-0.3, -0.25) is 0 Å². The molecule has 2 aliphatic rings. The Hall–Kier alpha value is -1.04. The van der Waals surface area contributed by atoms with Gasteiger partial charge in [-0.1, -0.05) is 35.9 Å². The Morgan fingerprint density at radius 2 is 1.88 bits per heavy atom. The maximum atomic E-state index is 2.52. The van der Waals surface area contributed by atoms with Gasteiger partial charge >= 0.3 is 0 Å². The standard InChI is InChI=1S/C16H20/c1-2-7-13(8-3-1)16-12-6-10-14-9-4-5-11-15(14)16/h4-5,7,9,11,16H,1-3,6,8,10,12H2. The molecule has 84 valence electrons. The summed E-state index contributed by atoms with van der Waals surface area (Å²) in [4.78, 5) is 0. The second-order valence-electron chi connectivity index (χ2n) is 5.17. The molecule has 0 radical (unpaired) electrons. The highest BCUT2D eigenvalue weighted by atomic mass is 14.3. The van der Waals surface area contributed by atoms with Crippen LogP contribution in [0.3, 0.4) is 0 Å². The molecule has 0 aromatic heterocycles. The van der Waals surface area contributed by atoms with Crippen LogP contribution >= 0.6 is 0 Å². The molecule has 0 heteroatoms.